The van der Waals surface area contributed by atoms with Gasteiger partial charge < -0.3 is 9.47 Å². The number of para-hydroxylation sites is 1. The lowest BCUT2D eigenvalue weighted by Gasteiger charge is -2.20. The van der Waals surface area contributed by atoms with Gasteiger partial charge in [-0.2, -0.15) is 0 Å². The van der Waals surface area contributed by atoms with E-state index in [9.17, 15) is 4.79 Å². The molecular formula is C31H46O3. The van der Waals surface area contributed by atoms with E-state index in [-0.39, 0.29) is 12.1 Å². The molecule has 2 aromatic rings. The van der Waals surface area contributed by atoms with Crippen LogP contribution in [0.5, 0.6) is 5.75 Å². The second-order valence-corrected chi connectivity index (χ2v) is 9.53. The molecule has 188 valence electrons. The highest BCUT2D eigenvalue weighted by molar-refractivity contribution is 5.91. The van der Waals surface area contributed by atoms with Crippen molar-refractivity contribution < 1.29 is 14.3 Å². The number of carbonyl (C=O) groups is 1. The summed E-state index contributed by atoms with van der Waals surface area (Å²) in [5.41, 5.74) is 2.78. The van der Waals surface area contributed by atoms with Crippen molar-refractivity contribution >= 4 is 5.97 Å². The second-order valence-electron chi connectivity index (χ2n) is 9.53. The van der Waals surface area contributed by atoms with Crippen LogP contribution in [-0.4, -0.2) is 13.1 Å². The molecule has 2 rings (SSSR count). The van der Waals surface area contributed by atoms with Gasteiger partial charge >= 0.3 is 5.97 Å². The first-order chi connectivity index (χ1) is 16.6. The molecule has 0 N–H and O–H groups in total. The Morgan fingerprint density at radius 1 is 0.765 bits per heavy atom. The smallest absolute Gasteiger partial charge is 0.343 e. The van der Waals surface area contributed by atoms with Crippen molar-refractivity contribution in [1.82, 2.24) is 0 Å². The zero-order valence-corrected chi connectivity index (χ0v) is 22.0. The van der Waals surface area contributed by atoms with Gasteiger partial charge in [0.05, 0.1) is 11.7 Å². The van der Waals surface area contributed by atoms with Gasteiger partial charge in [0, 0.05) is 7.11 Å². The third-order valence-electron chi connectivity index (χ3n) is 6.82. The summed E-state index contributed by atoms with van der Waals surface area (Å²) in [4.78, 5) is 12.9. The predicted molar refractivity (Wildman–Crippen MR) is 143 cm³/mol. The van der Waals surface area contributed by atoms with Crippen molar-refractivity contribution in [2.75, 3.05) is 7.11 Å². The predicted octanol–water partition coefficient (Wildman–Crippen LogP) is 9.42. The lowest BCUT2D eigenvalue weighted by molar-refractivity contribution is 0.0732. The average Bonchev–Trinajstić information content (AvgIpc) is 2.87. The summed E-state index contributed by atoms with van der Waals surface area (Å²) in [7, 11) is 1.69. The Balaban J connectivity index is 1.93. The SMILES string of the molecule is CCCCCCCCCCCC(CCC)c1ccccc1OC(=O)c1ccc(C(C)OC)cc1. The summed E-state index contributed by atoms with van der Waals surface area (Å²) in [6.45, 7) is 6.50. The summed E-state index contributed by atoms with van der Waals surface area (Å²) < 4.78 is 11.3. The van der Waals surface area contributed by atoms with Gasteiger partial charge in [0.1, 0.15) is 5.75 Å². The van der Waals surface area contributed by atoms with Gasteiger partial charge in [0.25, 0.3) is 0 Å². The van der Waals surface area contributed by atoms with Gasteiger partial charge in [0.2, 0.25) is 0 Å². The van der Waals surface area contributed by atoms with E-state index in [2.05, 4.69) is 26.0 Å². The number of unbranched alkanes of at least 4 members (excludes halogenated alkanes) is 8. The van der Waals surface area contributed by atoms with Crippen molar-refractivity contribution in [1.29, 1.82) is 0 Å². The third-order valence-corrected chi connectivity index (χ3v) is 6.82. The van der Waals surface area contributed by atoms with Crippen LogP contribution in [-0.2, 0) is 4.74 Å². The maximum Gasteiger partial charge on any atom is 0.343 e. The van der Waals surface area contributed by atoms with Crippen LogP contribution in [0.1, 0.15) is 131 Å². The fourth-order valence-electron chi connectivity index (χ4n) is 4.60. The van der Waals surface area contributed by atoms with Crippen LogP contribution in [0.25, 0.3) is 0 Å². The van der Waals surface area contributed by atoms with E-state index >= 15 is 0 Å². The van der Waals surface area contributed by atoms with Crippen LogP contribution in [0.3, 0.4) is 0 Å². The highest BCUT2D eigenvalue weighted by atomic mass is 16.5. The Hall–Kier alpha value is -2.13. The lowest BCUT2D eigenvalue weighted by Crippen LogP contribution is -2.11. The number of methoxy groups -OCH3 is 1. The van der Waals surface area contributed by atoms with E-state index in [1.165, 1.54) is 63.4 Å². The minimum atomic E-state index is -0.303. The minimum Gasteiger partial charge on any atom is -0.423 e. The molecule has 3 nitrogen and oxygen atoms in total. The van der Waals surface area contributed by atoms with Gasteiger partial charge in [-0.15, -0.1) is 0 Å². The minimum absolute atomic E-state index is 0.00153. The van der Waals surface area contributed by atoms with Crippen molar-refractivity contribution in [3.8, 4) is 5.75 Å². The lowest BCUT2D eigenvalue weighted by atomic mass is 9.88. The average molecular weight is 467 g/mol. The number of benzene rings is 2. The molecule has 2 aromatic carbocycles. The van der Waals surface area contributed by atoms with Crippen molar-refractivity contribution in [3.63, 3.8) is 0 Å². The number of rotatable bonds is 17. The standard InChI is InChI=1S/C31H46O3/c1-5-7-8-9-10-11-12-13-14-18-27(17-6-2)29-19-15-16-20-30(29)34-31(32)28-23-21-26(22-24-28)25(3)33-4/h15-16,19-25,27H,5-14,17-18H2,1-4H3. The molecule has 0 fully saturated rings. The Bertz CT molecular complexity index is 812. The normalized spacial score (nSPS) is 12.9. The van der Waals surface area contributed by atoms with Crippen molar-refractivity contribution in [2.45, 2.75) is 110 Å². The van der Waals surface area contributed by atoms with E-state index in [4.69, 9.17) is 9.47 Å². The maximum atomic E-state index is 12.9. The molecule has 0 bridgehead atoms. The zero-order chi connectivity index (χ0) is 24.6. The van der Waals surface area contributed by atoms with Gasteiger partial charge in [-0.1, -0.05) is 108 Å². The van der Waals surface area contributed by atoms with E-state index in [1.54, 1.807) is 7.11 Å². The monoisotopic (exact) mass is 466 g/mol. The molecular weight excluding hydrogens is 420 g/mol. The van der Waals surface area contributed by atoms with Crippen molar-refractivity contribution in [2.24, 2.45) is 0 Å². The quantitative estimate of drug-likeness (QED) is 0.132. The first-order valence-corrected chi connectivity index (χ1v) is 13.5. The summed E-state index contributed by atoms with van der Waals surface area (Å²) >= 11 is 0. The van der Waals surface area contributed by atoms with E-state index in [0.29, 0.717) is 17.2 Å². The first kappa shape index (κ1) is 28.1. The van der Waals surface area contributed by atoms with E-state index < -0.39 is 0 Å². The Labute approximate surface area is 208 Å². The molecule has 0 amide bonds. The molecule has 3 heteroatoms. The Morgan fingerprint density at radius 3 is 2.00 bits per heavy atom. The topological polar surface area (TPSA) is 35.5 Å². The van der Waals surface area contributed by atoms with Gasteiger partial charge in [-0.05, 0) is 55.0 Å². The molecule has 0 saturated carbocycles. The maximum absolute atomic E-state index is 12.9. The Kier molecular flexibility index (Phi) is 13.6. The number of ether oxygens (including phenoxy) is 2. The summed E-state index contributed by atoms with van der Waals surface area (Å²) in [6, 6.07) is 15.6. The summed E-state index contributed by atoms with van der Waals surface area (Å²) in [6.07, 6.45) is 15.5. The first-order valence-electron chi connectivity index (χ1n) is 13.5. The molecule has 0 heterocycles. The van der Waals surface area contributed by atoms with Gasteiger partial charge in [-0.3, -0.25) is 0 Å². The Morgan fingerprint density at radius 2 is 1.38 bits per heavy atom. The van der Waals surface area contributed by atoms with Crippen molar-refractivity contribution in [3.05, 3.63) is 65.2 Å². The van der Waals surface area contributed by atoms with Gasteiger partial charge in [-0.25, -0.2) is 4.79 Å². The number of hydrogen-bond acceptors (Lipinski definition) is 3. The van der Waals surface area contributed by atoms with Crippen LogP contribution in [0.2, 0.25) is 0 Å². The number of hydrogen-bond donors (Lipinski definition) is 0. The molecule has 2 atom stereocenters. The third kappa shape index (κ3) is 9.62. The van der Waals surface area contributed by atoms with Crippen LogP contribution >= 0.6 is 0 Å². The molecule has 0 aliphatic rings. The van der Waals surface area contributed by atoms with Crippen LogP contribution < -0.4 is 4.74 Å². The van der Waals surface area contributed by atoms with E-state index in [1.807, 2.05) is 43.3 Å². The molecule has 0 aromatic heterocycles. The zero-order valence-electron chi connectivity index (χ0n) is 22.0. The molecule has 2 unspecified atom stereocenters. The fraction of sp³-hybridized carbons (Fsp3) is 0.581. The molecule has 0 saturated heterocycles. The molecule has 34 heavy (non-hydrogen) atoms. The number of esters is 1. The highest BCUT2D eigenvalue weighted by Gasteiger charge is 2.18. The van der Waals surface area contributed by atoms with Crippen LogP contribution in [0, 0.1) is 0 Å². The molecule has 0 radical (unpaired) electrons. The summed E-state index contributed by atoms with van der Waals surface area (Å²) in [5.74, 6) is 0.835. The molecule has 0 aliphatic heterocycles. The fourth-order valence-corrected chi connectivity index (χ4v) is 4.60. The highest BCUT2D eigenvalue weighted by Crippen LogP contribution is 2.34. The second kappa shape index (κ2) is 16.5. The molecule has 0 spiro atoms. The van der Waals surface area contributed by atoms with Crippen LogP contribution in [0.4, 0.5) is 0 Å². The van der Waals surface area contributed by atoms with Gasteiger partial charge in [0.15, 0.2) is 0 Å². The summed E-state index contributed by atoms with van der Waals surface area (Å²) in [5, 5.41) is 0. The number of carbonyl (C=O) groups excluding carboxylic acids is 1. The van der Waals surface area contributed by atoms with E-state index in [0.717, 1.165) is 24.8 Å². The largest absolute Gasteiger partial charge is 0.423 e. The van der Waals surface area contributed by atoms with Crippen LogP contribution in [0.15, 0.2) is 48.5 Å². The molecule has 0 aliphatic carbocycles.